The van der Waals surface area contributed by atoms with E-state index in [1.165, 1.54) is 0 Å². The van der Waals surface area contributed by atoms with Gasteiger partial charge in [-0.1, -0.05) is 18.2 Å². The number of nitriles is 1. The van der Waals surface area contributed by atoms with Gasteiger partial charge in [-0.15, -0.1) is 0 Å². The number of aromatic nitrogens is 2. The van der Waals surface area contributed by atoms with E-state index in [1.807, 2.05) is 66.2 Å². The third-order valence-corrected chi connectivity index (χ3v) is 3.41. The number of carbonyl (C=O) groups excluding carboxylic acids is 1. The van der Waals surface area contributed by atoms with E-state index in [2.05, 4.69) is 10.3 Å². The molecule has 2 aromatic heterocycles. The van der Waals surface area contributed by atoms with Crippen molar-refractivity contribution in [2.45, 2.75) is 13.3 Å². The fourth-order valence-electron chi connectivity index (χ4n) is 2.26. The summed E-state index contributed by atoms with van der Waals surface area (Å²) in [4.78, 5) is 16.2. The molecule has 0 fully saturated rings. The van der Waals surface area contributed by atoms with Crippen LogP contribution in [0.25, 0.3) is 16.9 Å². The lowest BCUT2D eigenvalue weighted by Crippen LogP contribution is -2.11. The fourth-order valence-corrected chi connectivity index (χ4v) is 2.26. The van der Waals surface area contributed by atoms with Crippen molar-refractivity contribution in [3.63, 3.8) is 0 Å². The number of nitrogens with one attached hydrogen (secondary N) is 1. The Hall–Kier alpha value is -3.13. The Bertz CT molecular complexity index is 856. The molecule has 22 heavy (non-hydrogen) atoms. The molecular weight excluding hydrogens is 276 g/mol. The minimum Gasteiger partial charge on any atom is -0.325 e. The minimum absolute atomic E-state index is 0.155. The molecule has 1 aromatic carbocycles. The number of rotatable bonds is 3. The molecule has 5 heteroatoms. The van der Waals surface area contributed by atoms with E-state index in [4.69, 9.17) is 5.26 Å². The number of fused-ring (bicyclic) bond motifs is 1. The first-order valence-electron chi connectivity index (χ1n) is 6.89. The highest BCUT2D eigenvalue weighted by molar-refractivity contribution is 5.93. The molecule has 3 aromatic rings. The number of imidazole rings is 1. The molecule has 0 aliphatic rings. The van der Waals surface area contributed by atoms with Crippen LogP contribution in [0.1, 0.15) is 12.0 Å². The number of hydrogen-bond acceptors (Lipinski definition) is 3. The van der Waals surface area contributed by atoms with Crippen molar-refractivity contribution in [1.82, 2.24) is 9.38 Å². The van der Waals surface area contributed by atoms with E-state index in [0.29, 0.717) is 5.69 Å². The lowest BCUT2D eigenvalue weighted by molar-refractivity contribution is -0.115. The average molecular weight is 290 g/mol. The maximum atomic E-state index is 11.6. The Balaban J connectivity index is 1.97. The van der Waals surface area contributed by atoms with Crippen LogP contribution in [0.15, 0.2) is 48.8 Å². The Morgan fingerprint density at radius 1 is 1.36 bits per heavy atom. The van der Waals surface area contributed by atoms with Crippen LogP contribution < -0.4 is 5.32 Å². The second kappa shape index (κ2) is 5.70. The first kappa shape index (κ1) is 13.8. The zero-order valence-electron chi connectivity index (χ0n) is 12.1. The second-order valence-corrected chi connectivity index (χ2v) is 5.01. The molecule has 0 saturated heterocycles. The number of anilines is 1. The van der Waals surface area contributed by atoms with Gasteiger partial charge in [0.25, 0.3) is 0 Å². The highest BCUT2D eigenvalue weighted by Gasteiger charge is 2.09. The van der Waals surface area contributed by atoms with Crippen LogP contribution >= 0.6 is 0 Å². The number of carbonyl (C=O) groups is 1. The number of pyridine rings is 1. The molecule has 2 heterocycles. The van der Waals surface area contributed by atoms with Gasteiger partial charge >= 0.3 is 0 Å². The molecule has 1 N–H and O–H groups in total. The highest BCUT2D eigenvalue weighted by atomic mass is 16.1. The van der Waals surface area contributed by atoms with Gasteiger partial charge in [-0.2, -0.15) is 5.26 Å². The number of nitrogens with zero attached hydrogens (tertiary/aromatic N) is 3. The lowest BCUT2D eigenvalue weighted by atomic mass is 10.1. The van der Waals surface area contributed by atoms with Crippen molar-refractivity contribution in [2.75, 3.05) is 5.32 Å². The number of benzene rings is 1. The summed E-state index contributed by atoms with van der Waals surface area (Å²) >= 11 is 0. The van der Waals surface area contributed by atoms with Crippen molar-refractivity contribution >= 4 is 17.2 Å². The normalized spacial score (nSPS) is 10.4. The van der Waals surface area contributed by atoms with Crippen molar-refractivity contribution in [3.05, 3.63) is 54.4 Å². The first-order valence-corrected chi connectivity index (χ1v) is 6.89. The Morgan fingerprint density at radius 3 is 3.00 bits per heavy atom. The van der Waals surface area contributed by atoms with Crippen LogP contribution in [0, 0.1) is 18.3 Å². The smallest absolute Gasteiger partial charge is 0.238 e. The number of amides is 1. The SMILES string of the molecule is Cc1ccc(-c2cn3ccccc3n2)cc1NC(=O)CC#N. The van der Waals surface area contributed by atoms with E-state index < -0.39 is 0 Å². The van der Waals surface area contributed by atoms with Crippen LogP contribution in [0.2, 0.25) is 0 Å². The topological polar surface area (TPSA) is 70.2 Å². The molecule has 0 bridgehead atoms. The average Bonchev–Trinajstić information content (AvgIpc) is 2.93. The van der Waals surface area contributed by atoms with Gasteiger partial charge in [0.05, 0.1) is 11.8 Å². The highest BCUT2D eigenvalue weighted by Crippen LogP contribution is 2.25. The predicted molar refractivity (Wildman–Crippen MR) is 84.2 cm³/mol. The van der Waals surface area contributed by atoms with E-state index in [9.17, 15) is 4.79 Å². The van der Waals surface area contributed by atoms with Gasteiger partial charge in [-0.05, 0) is 30.7 Å². The molecule has 5 nitrogen and oxygen atoms in total. The summed E-state index contributed by atoms with van der Waals surface area (Å²) in [6, 6.07) is 13.4. The molecule has 0 unspecified atom stereocenters. The summed E-state index contributed by atoms with van der Waals surface area (Å²) in [5.74, 6) is -0.308. The van der Waals surface area contributed by atoms with Gasteiger partial charge in [-0.25, -0.2) is 4.98 Å². The van der Waals surface area contributed by atoms with Gasteiger partial charge in [0.2, 0.25) is 5.91 Å². The molecule has 0 aliphatic heterocycles. The Morgan fingerprint density at radius 2 is 2.23 bits per heavy atom. The van der Waals surface area contributed by atoms with Crippen LogP contribution in [0.5, 0.6) is 0 Å². The van der Waals surface area contributed by atoms with E-state index >= 15 is 0 Å². The third kappa shape index (κ3) is 2.67. The zero-order valence-corrected chi connectivity index (χ0v) is 12.1. The lowest BCUT2D eigenvalue weighted by Gasteiger charge is -2.08. The standard InChI is InChI=1S/C17H14N4O/c1-12-5-6-13(10-14(12)20-17(22)7-8-18)15-11-21-9-3-2-4-16(21)19-15/h2-6,9-11H,7H2,1H3,(H,20,22). The van der Waals surface area contributed by atoms with E-state index in [1.54, 1.807) is 0 Å². The number of hydrogen-bond donors (Lipinski definition) is 1. The van der Waals surface area contributed by atoms with Crippen LogP contribution in [-0.2, 0) is 4.79 Å². The summed E-state index contributed by atoms with van der Waals surface area (Å²) in [5, 5.41) is 11.3. The second-order valence-electron chi connectivity index (χ2n) is 5.01. The first-order chi connectivity index (χ1) is 10.7. The maximum absolute atomic E-state index is 11.6. The maximum Gasteiger partial charge on any atom is 0.238 e. The molecule has 0 atom stereocenters. The molecule has 108 valence electrons. The third-order valence-electron chi connectivity index (χ3n) is 3.41. The number of aryl methyl sites for hydroxylation is 1. The zero-order chi connectivity index (χ0) is 15.5. The summed E-state index contributed by atoms with van der Waals surface area (Å²) in [5.41, 5.74) is 4.27. The molecule has 0 radical (unpaired) electrons. The van der Waals surface area contributed by atoms with Crippen molar-refractivity contribution < 1.29 is 4.79 Å². The molecule has 1 amide bonds. The Kier molecular flexibility index (Phi) is 3.58. The van der Waals surface area contributed by atoms with Gasteiger partial charge < -0.3 is 9.72 Å². The van der Waals surface area contributed by atoms with Crippen molar-refractivity contribution in [1.29, 1.82) is 5.26 Å². The quantitative estimate of drug-likeness (QED) is 0.805. The van der Waals surface area contributed by atoms with Crippen LogP contribution in [0.4, 0.5) is 5.69 Å². The fraction of sp³-hybridized carbons (Fsp3) is 0.118. The summed E-state index contributed by atoms with van der Waals surface area (Å²) in [7, 11) is 0. The van der Waals surface area contributed by atoms with Gasteiger partial charge in [0, 0.05) is 23.6 Å². The summed E-state index contributed by atoms with van der Waals surface area (Å²) in [6.07, 6.45) is 3.73. The van der Waals surface area contributed by atoms with Crippen LogP contribution in [0.3, 0.4) is 0 Å². The monoisotopic (exact) mass is 290 g/mol. The van der Waals surface area contributed by atoms with Crippen LogP contribution in [-0.4, -0.2) is 15.3 Å². The van der Waals surface area contributed by atoms with Crippen molar-refractivity contribution in [3.8, 4) is 17.3 Å². The summed E-state index contributed by atoms with van der Waals surface area (Å²) in [6.45, 7) is 1.91. The molecule has 0 aliphatic carbocycles. The van der Waals surface area contributed by atoms with E-state index in [-0.39, 0.29) is 12.3 Å². The largest absolute Gasteiger partial charge is 0.325 e. The van der Waals surface area contributed by atoms with Gasteiger partial charge in [0.1, 0.15) is 12.1 Å². The summed E-state index contributed by atoms with van der Waals surface area (Å²) < 4.78 is 1.95. The molecule has 3 rings (SSSR count). The molecular formula is C17H14N4O. The Labute approximate surface area is 127 Å². The van der Waals surface area contributed by atoms with Crippen molar-refractivity contribution in [2.24, 2.45) is 0 Å². The van der Waals surface area contributed by atoms with E-state index in [0.717, 1.165) is 22.5 Å². The molecule has 0 saturated carbocycles. The van der Waals surface area contributed by atoms with Gasteiger partial charge in [-0.3, -0.25) is 4.79 Å². The predicted octanol–water partition coefficient (Wildman–Crippen LogP) is 3.16. The minimum atomic E-state index is -0.308. The molecule has 0 spiro atoms. The van der Waals surface area contributed by atoms with Gasteiger partial charge in [0.15, 0.2) is 0 Å².